The first-order valence-corrected chi connectivity index (χ1v) is 8.51. The topological polar surface area (TPSA) is 38.3 Å². The lowest BCUT2D eigenvalue weighted by Gasteiger charge is -2.17. The molecule has 0 radical (unpaired) electrons. The third-order valence-electron chi connectivity index (χ3n) is 4.09. The van der Waals surface area contributed by atoms with Gasteiger partial charge >= 0.3 is 0 Å². The number of carbonyl (C=O) groups is 1. The fourth-order valence-electron chi connectivity index (χ4n) is 2.75. The molecule has 24 heavy (non-hydrogen) atoms. The molecule has 1 amide bonds. The van der Waals surface area contributed by atoms with Gasteiger partial charge in [-0.2, -0.15) is 0 Å². The third-order valence-corrected chi connectivity index (χ3v) is 4.09. The standard InChI is InChI=1S/C21H27NO2/c1-14(2)17-10-6-7-12-19(17)24-13-20(23)22-21-16(5)9-8-11-18(21)15(3)4/h6-12,14-15H,13H2,1-5H3,(H,22,23). The van der Waals surface area contributed by atoms with E-state index in [9.17, 15) is 4.79 Å². The molecule has 1 N–H and O–H groups in total. The lowest BCUT2D eigenvalue weighted by molar-refractivity contribution is -0.118. The molecule has 3 nitrogen and oxygen atoms in total. The summed E-state index contributed by atoms with van der Waals surface area (Å²) in [4.78, 5) is 12.4. The van der Waals surface area contributed by atoms with Crippen LogP contribution in [0.25, 0.3) is 0 Å². The Kier molecular flexibility index (Phi) is 6.02. The van der Waals surface area contributed by atoms with Crippen molar-refractivity contribution >= 4 is 11.6 Å². The fraction of sp³-hybridized carbons (Fsp3) is 0.381. The molecule has 2 aromatic carbocycles. The number of carbonyl (C=O) groups excluding carboxylic acids is 1. The molecule has 0 aliphatic heterocycles. The molecule has 2 aromatic rings. The normalized spacial score (nSPS) is 11.0. The van der Waals surface area contributed by atoms with Crippen LogP contribution in [0.15, 0.2) is 42.5 Å². The van der Waals surface area contributed by atoms with Gasteiger partial charge < -0.3 is 10.1 Å². The molecule has 0 aliphatic rings. The first-order valence-electron chi connectivity index (χ1n) is 8.51. The zero-order valence-electron chi connectivity index (χ0n) is 15.2. The van der Waals surface area contributed by atoms with Crippen molar-refractivity contribution in [2.45, 2.75) is 46.5 Å². The molecular weight excluding hydrogens is 298 g/mol. The van der Waals surface area contributed by atoms with Gasteiger partial charge in [0.25, 0.3) is 5.91 Å². The van der Waals surface area contributed by atoms with Gasteiger partial charge in [-0.05, 0) is 41.5 Å². The molecule has 0 spiro atoms. The number of nitrogens with one attached hydrogen (secondary N) is 1. The van der Waals surface area contributed by atoms with Gasteiger partial charge in [0, 0.05) is 5.69 Å². The third kappa shape index (κ3) is 4.38. The Morgan fingerprint density at radius 3 is 2.25 bits per heavy atom. The number of hydrogen-bond donors (Lipinski definition) is 1. The van der Waals surface area contributed by atoms with E-state index in [0.717, 1.165) is 28.1 Å². The molecule has 128 valence electrons. The molecular formula is C21H27NO2. The van der Waals surface area contributed by atoms with Crippen LogP contribution in [0.1, 0.15) is 56.2 Å². The molecule has 0 fully saturated rings. The van der Waals surface area contributed by atoms with Gasteiger partial charge in [0.15, 0.2) is 6.61 Å². The van der Waals surface area contributed by atoms with E-state index in [1.807, 2.05) is 43.3 Å². The average molecular weight is 325 g/mol. The van der Waals surface area contributed by atoms with E-state index in [4.69, 9.17) is 4.74 Å². The molecule has 0 heterocycles. The molecule has 0 saturated carbocycles. The number of benzene rings is 2. The average Bonchev–Trinajstić information content (AvgIpc) is 2.54. The van der Waals surface area contributed by atoms with E-state index in [2.05, 4.69) is 39.1 Å². The predicted molar refractivity (Wildman–Crippen MR) is 99.9 cm³/mol. The quantitative estimate of drug-likeness (QED) is 0.787. The summed E-state index contributed by atoms with van der Waals surface area (Å²) in [6, 6.07) is 14.0. The van der Waals surface area contributed by atoms with E-state index in [0.29, 0.717) is 11.8 Å². The summed E-state index contributed by atoms with van der Waals surface area (Å²) >= 11 is 0. The maximum absolute atomic E-state index is 12.4. The van der Waals surface area contributed by atoms with E-state index in [1.165, 1.54) is 0 Å². The van der Waals surface area contributed by atoms with Crippen LogP contribution < -0.4 is 10.1 Å². The van der Waals surface area contributed by atoms with Crippen molar-refractivity contribution < 1.29 is 9.53 Å². The van der Waals surface area contributed by atoms with Gasteiger partial charge in [-0.3, -0.25) is 4.79 Å². The molecule has 0 aromatic heterocycles. The molecule has 0 atom stereocenters. The van der Waals surface area contributed by atoms with E-state index >= 15 is 0 Å². The summed E-state index contributed by atoms with van der Waals surface area (Å²) < 4.78 is 5.76. The number of anilines is 1. The van der Waals surface area contributed by atoms with Crippen LogP contribution in [-0.4, -0.2) is 12.5 Å². The number of ether oxygens (including phenoxy) is 1. The minimum absolute atomic E-state index is 0.00953. The first kappa shape index (κ1) is 18.1. The summed E-state index contributed by atoms with van der Waals surface area (Å²) in [5.74, 6) is 1.34. The zero-order chi connectivity index (χ0) is 17.7. The van der Waals surface area contributed by atoms with Crippen LogP contribution in [0.3, 0.4) is 0 Å². The van der Waals surface area contributed by atoms with Crippen LogP contribution in [0.2, 0.25) is 0 Å². The second-order valence-corrected chi connectivity index (χ2v) is 6.72. The van der Waals surface area contributed by atoms with E-state index < -0.39 is 0 Å². The Bertz CT molecular complexity index is 705. The van der Waals surface area contributed by atoms with Gasteiger partial charge in [-0.25, -0.2) is 0 Å². The van der Waals surface area contributed by atoms with Gasteiger partial charge in [-0.1, -0.05) is 64.1 Å². The fourth-order valence-corrected chi connectivity index (χ4v) is 2.75. The smallest absolute Gasteiger partial charge is 0.262 e. The molecule has 0 bridgehead atoms. The highest BCUT2D eigenvalue weighted by atomic mass is 16.5. The minimum atomic E-state index is -0.134. The summed E-state index contributed by atoms with van der Waals surface area (Å²) in [6.45, 7) is 10.5. The van der Waals surface area contributed by atoms with Crippen LogP contribution in [0.4, 0.5) is 5.69 Å². The molecule has 0 saturated heterocycles. The van der Waals surface area contributed by atoms with Crippen LogP contribution >= 0.6 is 0 Å². The number of para-hydroxylation sites is 2. The van der Waals surface area contributed by atoms with Crippen molar-refractivity contribution in [3.8, 4) is 5.75 Å². The van der Waals surface area contributed by atoms with Crippen molar-refractivity contribution in [3.63, 3.8) is 0 Å². The maximum Gasteiger partial charge on any atom is 0.262 e. The molecule has 0 unspecified atom stereocenters. The van der Waals surface area contributed by atoms with Gasteiger partial charge in [0.2, 0.25) is 0 Å². The molecule has 3 heteroatoms. The number of aryl methyl sites for hydroxylation is 1. The highest BCUT2D eigenvalue weighted by Gasteiger charge is 2.13. The van der Waals surface area contributed by atoms with Crippen LogP contribution in [0.5, 0.6) is 5.75 Å². The highest BCUT2D eigenvalue weighted by molar-refractivity contribution is 5.93. The Balaban J connectivity index is 2.08. The first-order chi connectivity index (χ1) is 11.4. The molecule has 2 rings (SSSR count). The minimum Gasteiger partial charge on any atom is -0.483 e. The van der Waals surface area contributed by atoms with Crippen LogP contribution in [-0.2, 0) is 4.79 Å². The summed E-state index contributed by atoms with van der Waals surface area (Å²) in [5.41, 5.74) is 4.23. The second-order valence-electron chi connectivity index (χ2n) is 6.72. The number of rotatable bonds is 6. The summed E-state index contributed by atoms with van der Waals surface area (Å²) in [6.07, 6.45) is 0. The summed E-state index contributed by atoms with van der Waals surface area (Å²) in [7, 11) is 0. The second kappa shape index (κ2) is 8.00. The Morgan fingerprint density at radius 2 is 1.58 bits per heavy atom. The van der Waals surface area contributed by atoms with Gasteiger partial charge in [-0.15, -0.1) is 0 Å². The zero-order valence-corrected chi connectivity index (χ0v) is 15.2. The Labute approximate surface area is 145 Å². The lowest BCUT2D eigenvalue weighted by Crippen LogP contribution is -2.22. The largest absolute Gasteiger partial charge is 0.483 e. The monoisotopic (exact) mass is 325 g/mol. The van der Waals surface area contributed by atoms with Crippen molar-refractivity contribution in [2.24, 2.45) is 0 Å². The molecule has 0 aliphatic carbocycles. The number of hydrogen-bond acceptors (Lipinski definition) is 2. The highest BCUT2D eigenvalue weighted by Crippen LogP contribution is 2.28. The van der Waals surface area contributed by atoms with Crippen molar-refractivity contribution in [2.75, 3.05) is 11.9 Å². The maximum atomic E-state index is 12.4. The van der Waals surface area contributed by atoms with Gasteiger partial charge in [0.05, 0.1) is 0 Å². The van der Waals surface area contributed by atoms with Gasteiger partial charge in [0.1, 0.15) is 5.75 Å². The van der Waals surface area contributed by atoms with Crippen LogP contribution in [0, 0.1) is 6.92 Å². The Morgan fingerprint density at radius 1 is 0.958 bits per heavy atom. The van der Waals surface area contributed by atoms with Crippen molar-refractivity contribution in [1.82, 2.24) is 0 Å². The SMILES string of the molecule is Cc1cccc(C(C)C)c1NC(=O)COc1ccccc1C(C)C. The number of amides is 1. The van der Waals surface area contributed by atoms with Crippen molar-refractivity contribution in [1.29, 1.82) is 0 Å². The Hall–Kier alpha value is -2.29. The van der Waals surface area contributed by atoms with E-state index in [-0.39, 0.29) is 12.5 Å². The van der Waals surface area contributed by atoms with Crippen molar-refractivity contribution in [3.05, 3.63) is 59.2 Å². The van der Waals surface area contributed by atoms with E-state index in [1.54, 1.807) is 0 Å². The lowest BCUT2D eigenvalue weighted by atomic mass is 9.98. The predicted octanol–water partition coefficient (Wildman–Crippen LogP) is 5.26. The summed E-state index contributed by atoms with van der Waals surface area (Å²) in [5, 5.41) is 3.02.